The van der Waals surface area contributed by atoms with E-state index in [1.54, 1.807) is 12.4 Å². The number of nitrogens with one attached hydrogen (secondary N) is 1. The molecule has 1 heterocycles. The monoisotopic (exact) mass is 399 g/mol. The Labute approximate surface area is 179 Å². The number of nitrogens with zero attached hydrogens (tertiary/aromatic N) is 2. The molecule has 0 spiro atoms. The molecule has 2 aromatic carbocycles. The highest BCUT2D eigenvalue weighted by molar-refractivity contribution is 5.76. The van der Waals surface area contributed by atoms with Crippen molar-refractivity contribution in [3.05, 3.63) is 101 Å². The third kappa shape index (κ3) is 4.77. The Hall–Kier alpha value is -2.98. The first-order valence-electron chi connectivity index (χ1n) is 10.6. The number of aromatic nitrogens is 1. The standard InChI is InChI=1S/C26H29N3O/c1-29(19-22-7-3-2-4-8-22)26(17-23-9-5-6-10-24(23)18-26)20-28-25(30)12-11-21-13-15-27-16-14-21/h2-10,13-16H,11-12,17-20H2,1H3,(H,28,30). The highest BCUT2D eigenvalue weighted by Crippen LogP contribution is 2.34. The normalized spacial score (nSPS) is 14.5. The molecule has 0 atom stereocenters. The average Bonchev–Trinajstić information content (AvgIpc) is 3.18. The number of amides is 1. The van der Waals surface area contributed by atoms with Crippen molar-refractivity contribution in [2.75, 3.05) is 13.6 Å². The zero-order valence-electron chi connectivity index (χ0n) is 17.6. The summed E-state index contributed by atoms with van der Waals surface area (Å²) in [5, 5.41) is 3.24. The van der Waals surface area contributed by atoms with Crippen molar-refractivity contribution >= 4 is 5.91 Å². The van der Waals surface area contributed by atoms with Crippen LogP contribution in [-0.2, 0) is 30.6 Å². The van der Waals surface area contributed by atoms with E-state index < -0.39 is 0 Å². The van der Waals surface area contributed by atoms with Crippen LogP contribution in [0.15, 0.2) is 79.1 Å². The molecular formula is C26H29N3O. The lowest BCUT2D eigenvalue weighted by molar-refractivity contribution is -0.121. The number of hydrogen-bond donors (Lipinski definition) is 1. The summed E-state index contributed by atoms with van der Waals surface area (Å²) in [6, 6.07) is 23.1. The van der Waals surface area contributed by atoms with Crippen LogP contribution in [0.1, 0.15) is 28.7 Å². The van der Waals surface area contributed by atoms with Crippen LogP contribution in [0.3, 0.4) is 0 Å². The maximum absolute atomic E-state index is 12.6. The lowest BCUT2D eigenvalue weighted by atomic mass is 9.92. The molecule has 3 aromatic rings. The summed E-state index contributed by atoms with van der Waals surface area (Å²) in [6.45, 7) is 1.52. The van der Waals surface area contributed by atoms with Gasteiger partial charge >= 0.3 is 0 Å². The summed E-state index contributed by atoms with van der Waals surface area (Å²) >= 11 is 0. The number of carbonyl (C=O) groups is 1. The molecule has 0 aliphatic heterocycles. The van der Waals surface area contributed by atoms with Gasteiger partial charge in [-0.05, 0) is 60.7 Å². The minimum absolute atomic E-state index is 0.105. The van der Waals surface area contributed by atoms with Crippen LogP contribution in [0.2, 0.25) is 0 Å². The molecule has 1 aliphatic rings. The van der Waals surface area contributed by atoms with Crippen molar-refractivity contribution in [2.45, 2.75) is 37.8 Å². The van der Waals surface area contributed by atoms with E-state index in [0.717, 1.165) is 31.4 Å². The van der Waals surface area contributed by atoms with Gasteiger partial charge in [0.05, 0.1) is 0 Å². The molecule has 0 saturated carbocycles. The van der Waals surface area contributed by atoms with Crippen LogP contribution >= 0.6 is 0 Å². The van der Waals surface area contributed by atoms with Gasteiger partial charge in [-0.25, -0.2) is 0 Å². The van der Waals surface area contributed by atoms with Gasteiger partial charge in [0.15, 0.2) is 0 Å². The highest BCUT2D eigenvalue weighted by atomic mass is 16.1. The zero-order valence-corrected chi connectivity index (χ0v) is 17.6. The molecule has 0 unspecified atom stereocenters. The van der Waals surface area contributed by atoms with Gasteiger partial charge in [0.25, 0.3) is 0 Å². The number of likely N-dealkylation sites (N-methyl/N-ethyl adjacent to an activating group) is 1. The zero-order chi connectivity index (χ0) is 20.8. The molecule has 1 N–H and O–H groups in total. The van der Waals surface area contributed by atoms with Crippen LogP contribution in [0.25, 0.3) is 0 Å². The second-order valence-electron chi connectivity index (χ2n) is 8.32. The summed E-state index contributed by atoms with van der Waals surface area (Å²) in [5.74, 6) is 0.107. The molecule has 4 heteroatoms. The van der Waals surface area contributed by atoms with Gasteiger partial charge in [-0.1, -0.05) is 54.6 Å². The fraction of sp³-hybridized carbons (Fsp3) is 0.308. The van der Waals surface area contributed by atoms with Crippen LogP contribution in [0.5, 0.6) is 0 Å². The molecule has 154 valence electrons. The molecule has 4 rings (SSSR count). The molecule has 1 amide bonds. The molecular weight excluding hydrogens is 370 g/mol. The van der Waals surface area contributed by atoms with Gasteiger partial charge in [0.1, 0.15) is 0 Å². The molecule has 30 heavy (non-hydrogen) atoms. The first-order valence-corrected chi connectivity index (χ1v) is 10.6. The van der Waals surface area contributed by atoms with E-state index >= 15 is 0 Å². The number of hydrogen-bond acceptors (Lipinski definition) is 3. The van der Waals surface area contributed by atoms with Gasteiger partial charge in [-0.3, -0.25) is 14.7 Å². The molecule has 0 bridgehead atoms. The van der Waals surface area contributed by atoms with Gasteiger partial charge in [-0.2, -0.15) is 0 Å². The molecule has 0 saturated heterocycles. The van der Waals surface area contributed by atoms with Crippen molar-refractivity contribution in [3.63, 3.8) is 0 Å². The summed E-state index contributed by atoms with van der Waals surface area (Å²) < 4.78 is 0. The minimum Gasteiger partial charge on any atom is -0.354 e. The summed E-state index contributed by atoms with van der Waals surface area (Å²) in [6.07, 6.45) is 6.69. The second kappa shape index (κ2) is 9.23. The van der Waals surface area contributed by atoms with Crippen LogP contribution < -0.4 is 5.32 Å². The predicted molar refractivity (Wildman–Crippen MR) is 120 cm³/mol. The third-order valence-electron chi connectivity index (χ3n) is 6.23. The summed E-state index contributed by atoms with van der Waals surface area (Å²) in [5.41, 5.74) is 5.11. The van der Waals surface area contributed by atoms with Gasteiger partial charge in [0.2, 0.25) is 5.91 Å². The Kier molecular flexibility index (Phi) is 6.24. The second-order valence-corrected chi connectivity index (χ2v) is 8.32. The van der Waals surface area contributed by atoms with Crippen molar-refractivity contribution < 1.29 is 4.79 Å². The number of fused-ring (bicyclic) bond motifs is 1. The van der Waals surface area contributed by atoms with Crippen molar-refractivity contribution in [2.24, 2.45) is 0 Å². The minimum atomic E-state index is -0.105. The molecule has 1 aromatic heterocycles. The summed E-state index contributed by atoms with van der Waals surface area (Å²) in [4.78, 5) is 19.1. The van der Waals surface area contributed by atoms with E-state index in [1.807, 2.05) is 18.2 Å². The maximum Gasteiger partial charge on any atom is 0.220 e. The van der Waals surface area contributed by atoms with Gasteiger partial charge < -0.3 is 5.32 Å². The third-order valence-corrected chi connectivity index (χ3v) is 6.23. The smallest absolute Gasteiger partial charge is 0.220 e. The van der Waals surface area contributed by atoms with Crippen molar-refractivity contribution in [3.8, 4) is 0 Å². The molecule has 0 radical (unpaired) electrons. The van der Waals surface area contributed by atoms with Crippen LogP contribution in [0.4, 0.5) is 0 Å². The molecule has 0 fully saturated rings. The lowest BCUT2D eigenvalue weighted by Gasteiger charge is -2.39. The van der Waals surface area contributed by atoms with E-state index in [9.17, 15) is 4.79 Å². The first-order chi connectivity index (χ1) is 14.6. The average molecular weight is 400 g/mol. The Morgan fingerprint density at radius 1 is 0.933 bits per heavy atom. The molecule has 4 nitrogen and oxygen atoms in total. The van der Waals surface area contributed by atoms with E-state index in [0.29, 0.717) is 13.0 Å². The Morgan fingerprint density at radius 2 is 1.57 bits per heavy atom. The van der Waals surface area contributed by atoms with Crippen LogP contribution in [0, 0.1) is 0 Å². The number of rotatable bonds is 8. The largest absolute Gasteiger partial charge is 0.354 e. The first kappa shape index (κ1) is 20.3. The van der Waals surface area contributed by atoms with Crippen molar-refractivity contribution in [1.82, 2.24) is 15.2 Å². The fourth-order valence-electron chi connectivity index (χ4n) is 4.39. The number of aryl methyl sites for hydroxylation is 1. The van der Waals surface area contributed by atoms with Crippen LogP contribution in [-0.4, -0.2) is 34.9 Å². The lowest BCUT2D eigenvalue weighted by Crippen LogP contribution is -2.54. The van der Waals surface area contributed by atoms with E-state index in [1.165, 1.54) is 16.7 Å². The maximum atomic E-state index is 12.6. The van der Waals surface area contributed by atoms with E-state index in [-0.39, 0.29) is 11.4 Å². The van der Waals surface area contributed by atoms with Gasteiger partial charge in [0, 0.05) is 37.4 Å². The molecule has 1 aliphatic carbocycles. The van der Waals surface area contributed by atoms with Gasteiger partial charge in [-0.15, -0.1) is 0 Å². The quantitative estimate of drug-likeness (QED) is 0.627. The van der Waals surface area contributed by atoms with Crippen molar-refractivity contribution in [1.29, 1.82) is 0 Å². The highest BCUT2D eigenvalue weighted by Gasteiger charge is 2.40. The number of carbonyl (C=O) groups excluding carboxylic acids is 1. The Bertz CT molecular complexity index is 947. The van der Waals surface area contributed by atoms with E-state index in [2.05, 4.69) is 70.8 Å². The Morgan fingerprint density at radius 3 is 2.23 bits per heavy atom. The SMILES string of the molecule is CN(Cc1ccccc1)C1(CNC(=O)CCc2ccncc2)Cc2ccccc2C1. The topological polar surface area (TPSA) is 45.2 Å². The summed E-state index contributed by atoms with van der Waals surface area (Å²) in [7, 11) is 2.18. The van der Waals surface area contributed by atoms with E-state index in [4.69, 9.17) is 0 Å². The predicted octanol–water partition coefficient (Wildman–Crippen LogP) is 3.80. The number of pyridine rings is 1. The Balaban J connectivity index is 1.44. The number of benzene rings is 2. The fourth-order valence-corrected chi connectivity index (χ4v) is 4.39.